The fraction of sp³-hybridized carbons (Fsp3) is 0.579. The van der Waals surface area contributed by atoms with Crippen molar-refractivity contribution in [2.45, 2.75) is 72.5 Å². The van der Waals surface area contributed by atoms with Gasteiger partial charge in [0.25, 0.3) is 0 Å². The highest BCUT2D eigenvalue weighted by Crippen LogP contribution is 2.15. The van der Waals surface area contributed by atoms with Crippen molar-refractivity contribution in [1.82, 2.24) is 10.2 Å². The van der Waals surface area contributed by atoms with Crippen molar-refractivity contribution in [2.24, 2.45) is 0 Å². The monoisotopic (exact) mass is 318 g/mol. The summed E-state index contributed by atoms with van der Waals surface area (Å²) in [5.74, 6) is -0.0862. The summed E-state index contributed by atoms with van der Waals surface area (Å²) in [5.41, 5.74) is 1.89. The zero-order valence-corrected chi connectivity index (χ0v) is 15.3. The Bertz CT molecular complexity index is 547. The highest BCUT2D eigenvalue weighted by Gasteiger charge is 2.29. The van der Waals surface area contributed by atoms with E-state index in [1.807, 2.05) is 59.7 Å². The molecule has 128 valence electrons. The SMILES string of the molecule is CCC(=O)N(Cc1cccc(C)c1)[C@H](CC)C(=O)NC(C)(C)C. The lowest BCUT2D eigenvalue weighted by Crippen LogP contribution is -2.53. The van der Waals surface area contributed by atoms with E-state index in [1.54, 1.807) is 4.90 Å². The molecule has 2 amide bonds. The van der Waals surface area contributed by atoms with E-state index in [0.717, 1.165) is 11.1 Å². The van der Waals surface area contributed by atoms with Crippen LogP contribution in [0.2, 0.25) is 0 Å². The van der Waals surface area contributed by atoms with E-state index < -0.39 is 6.04 Å². The van der Waals surface area contributed by atoms with Crippen molar-refractivity contribution in [3.63, 3.8) is 0 Å². The Morgan fingerprint density at radius 1 is 1.22 bits per heavy atom. The summed E-state index contributed by atoms with van der Waals surface area (Å²) < 4.78 is 0. The van der Waals surface area contributed by atoms with Crippen molar-refractivity contribution >= 4 is 11.8 Å². The molecule has 0 saturated carbocycles. The van der Waals surface area contributed by atoms with E-state index >= 15 is 0 Å². The highest BCUT2D eigenvalue weighted by molar-refractivity contribution is 5.87. The zero-order chi connectivity index (χ0) is 17.6. The van der Waals surface area contributed by atoms with Crippen molar-refractivity contribution in [3.8, 4) is 0 Å². The van der Waals surface area contributed by atoms with Gasteiger partial charge in [0, 0.05) is 18.5 Å². The second kappa shape index (κ2) is 8.14. The quantitative estimate of drug-likeness (QED) is 0.873. The number of hydrogen-bond acceptors (Lipinski definition) is 2. The van der Waals surface area contributed by atoms with Crippen LogP contribution in [-0.4, -0.2) is 28.3 Å². The average molecular weight is 318 g/mol. The minimum Gasteiger partial charge on any atom is -0.350 e. The lowest BCUT2D eigenvalue weighted by molar-refractivity contribution is -0.141. The number of aryl methyl sites for hydroxylation is 1. The van der Waals surface area contributed by atoms with Crippen LogP contribution in [0.4, 0.5) is 0 Å². The second-order valence-corrected chi connectivity index (χ2v) is 7.03. The lowest BCUT2D eigenvalue weighted by Gasteiger charge is -2.33. The molecule has 0 saturated heterocycles. The molecule has 23 heavy (non-hydrogen) atoms. The van der Waals surface area contributed by atoms with E-state index in [-0.39, 0.29) is 17.4 Å². The normalized spacial score (nSPS) is 12.6. The third-order valence-corrected chi connectivity index (χ3v) is 3.62. The van der Waals surface area contributed by atoms with Gasteiger partial charge in [-0.1, -0.05) is 43.7 Å². The maximum absolute atomic E-state index is 12.6. The number of rotatable bonds is 6. The first-order chi connectivity index (χ1) is 10.7. The van der Waals surface area contributed by atoms with Crippen LogP contribution in [0.5, 0.6) is 0 Å². The molecule has 1 aromatic rings. The fourth-order valence-corrected chi connectivity index (χ4v) is 2.58. The lowest BCUT2D eigenvalue weighted by atomic mass is 10.0. The van der Waals surface area contributed by atoms with Gasteiger partial charge >= 0.3 is 0 Å². The standard InChI is InChI=1S/C19H30N2O2/c1-7-16(18(23)20-19(4,5)6)21(17(22)8-2)13-15-11-9-10-14(3)12-15/h9-12,16H,7-8,13H2,1-6H3,(H,20,23)/t16-/m1/s1. The van der Waals surface area contributed by atoms with Gasteiger partial charge in [0.1, 0.15) is 6.04 Å². The van der Waals surface area contributed by atoms with Gasteiger partial charge in [-0.3, -0.25) is 9.59 Å². The molecule has 0 aliphatic heterocycles. The number of nitrogens with zero attached hydrogens (tertiary/aromatic N) is 1. The number of carbonyl (C=O) groups excluding carboxylic acids is 2. The summed E-state index contributed by atoms with van der Waals surface area (Å²) in [4.78, 5) is 26.7. The van der Waals surface area contributed by atoms with Gasteiger partial charge in [0.15, 0.2) is 0 Å². The topological polar surface area (TPSA) is 49.4 Å². The average Bonchev–Trinajstić information content (AvgIpc) is 2.44. The van der Waals surface area contributed by atoms with E-state index in [2.05, 4.69) is 11.4 Å². The number of amides is 2. The van der Waals surface area contributed by atoms with Gasteiger partial charge < -0.3 is 10.2 Å². The molecule has 1 atom stereocenters. The van der Waals surface area contributed by atoms with Gasteiger partial charge in [-0.15, -0.1) is 0 Å². The van der Waals surface area contributed by atoms with Crippen LogP contribution in [0.3, 0.4) is 0 Å². The van der Waals surface area contributed by atoms with Crippen LogP contribution in [0.15, 0.2) is 24.3 Å². The second-order valence-electron chi connectivity index (χ2n) is 7.03. The van der Waals surface area contributed by atoms with E-state index in [1.165, 1.54) is 0 Å². The van der Waals surface area contributed by atoms with Crippen molar-refractivity contribution in [3.05, 3.63) is 35.4 Å². The minimum atomic E-state index is -0.442. The summed E-state index contributed by atoms with van der Waals surface area (Å²) in [6.45, 7) is 12.1. The molecule has 1 N–H and O–H groups in total. The Morgan fingerprint density at radius 3 is 2.35 bits per heavy atom. The molecule has 0 fully saturated rings. The summed E-state index contributed by atoms with van der Waals surface area (Å²) in [5, 5.41) is 2.99. The first-order valence-electron chi connectivity index (χ1n) is 8.35. The van der Waals surface area contributed by atoms with Gasteiger partial charge in [-0.2, -0.15) is 0 Å². The molecule has 0 radical (unpaired) electrons. The van der Waals surface area contributed by atoms with Gasteiger partial charge in [0.2, 0.25) is 11.8 Å². The molecule has 4 nitrogen and oxygen atoms in total. The van der Waals surface area contributed by atoms with Crippen molar-refractivity contribution in [2.75, 3.05) is 0 Å². The van der Waals surface area contributed by atoms with Crippen molar-refractivity contribution in [1.29, 1.82) is 0 Å². The van der Waals surface area contributed by atoms with Gasteiger partial charge in [-0.05, 0) is 39.7 Å². The largest absolute Gasteiger partial charge is 0.350 e. The molecule has 4 heteroatoms. The van der Waals surface area contributed by atoms with Crippen LogP contribution in [0, 0.1) is 6.92 Å². The molecule has 0 heterocycles. The Hall–Kier alpha value is -1.84. The fourth-order valence-electron chi connectivity index (χ4n) is 2.58. The minimum absolute atomic E-state index is 0.00224. The summed E-state index contributed by atoms with van der Waals surface area (Å²) in [7, 11) is 0. The predicted molar refractivity (Wildman–Crippen MR) is 94.0 cm³/mol. The van der Waals surface area contributed by atoms with Gasteiger partial charge in [0.05, 0.1) is 0 Å². The summed E-state index contributed by atoms with van der Waals surface area (Å²) in [6.07, 6.45) is 0.991. The van der Waals surface area contributed by atoms with E-state index in [4.69, 9.17) is 0 Å². The van der Waals surface area contributed by atoms with Crippen LogP contribution in [0.25, 0.3) is 0 Å². The molecule has 0 bridgehead atoms. The van der Waals surface area contributed by atoms with Gasteiger partial charge in [-0.25, -0.2) is 0 Å². The highest BCUT2D eigenvalue weighted by atomic mass is 16.2. The maximum atomic E-state index is 12.6. The number of nitrogens with one attached hydrogen (secondary N) is 1. The van der Waals surface area contributed by atoms with Crippen LogP contribution < -0.4 is 5.32 Å². The van der Waals surface area contributed by atoms with Crippen molar-refractivity contribution < 1.29 is 9.59 Å². The first kappa shape index (κ1) is 19.2. The number of carbonyl (C=O) groups is 2. The molecule has 1 aromatic carbocycles. The molecule has 0 aromatic heterocycles. The van der Waals surface area contributed by atoms with Crippen LogP contribution >= 0.6 is 0 Å². The maximum Gasteiger partial charge on any atom is 0.243 e. The molecule has 0 aliphatic rings. The Labute approximate surface area is 140 Å². The molecular weight excluding hydrogens is 288 g/mol. The third kappa shape index (κ3) is 6.05. The zero-order valence-electron chi connectivity index (χ0n) is 15.3. The van der Waals surface area contributed by atoms with Crippen LogP contribution in [-0.2, 0) is 16.1 Å². The number of hydrogen-bond donors (Lipinski definition) is 1. The molecule has 0 aliphatic carbocycles. The Kier molecular flexibility index (Phi) is 6.79. The molecular formula is C19H30N2O2. The first-order valence-corrected chi connectivity index (χ1v) is 8.35. The Morgan fingerprint density at radius 2 is 1.87 bits per heavy atom. The smallest absolute Gasteiger partial charge is 0.243 e. The summed E-state index contributed by atoms with van der Waals surface area (Å²) >= 11 is 0. The molecule has 0 unspecified atom stereocenters. The van der Waals surface area contributed by atoms with E-state index in [9.17, 15) is 9.59 Å². The predicted octanol–water partition coefficient (Wildman–Crippen LogP) is 3.43. The molecule has 0 spiro atoms. The Balaban J connectivity index is 3.03. The summed E-state index contributed by atoms with van der Waals surface area (Å²) in [6, 6.07) is 7.62. The third-order valence-electron chi connectivity index (χ3n) is 3.62. The van der Waals surface area contributed by atoms with E-state index in [0.29, 0.717) is 19.4 Å². The van der Waals surface area contributed by atoms with Crippen LogP contribution in [0.1, 0.15) is 58.6 Å². The number of benzene rings is 1. The molecule has 1 rings (SSSR count).